The second kappa shape index (κ2) is 7.20. The lowest BCUT2D eigenvalue weighted by atomic mass is 9.91. The topological polar surface area (TPSA) is 52.7 Å². The molecule has 0 aliphatic carbocycles. The first-order chi connectivity index (χ1) is 9.55. The van der Waals surface area contributed by atoms with Crippen molar-refractivity contribution >= 4 is 10.2 Å². The molecule has 2 fully saturated rings. The average Bonchev–Trinajstić information content (AvgIpc) is 2.99. The number of unbranched alkanes of at least 4 members (excludes halogenated alkanes) is 1. The van der Waals surface area contributed by atoms with E-state index in [1.807, 2.05) is 0 Å². The van der Waals surface area contributed by atoms with Gasteiger partial charge in [0, 0.05) is 32.7 Å². The van der Waals surface area contributed by atoms with Crippen LogP contribution in [0.25, 0.3) is 0 Å². The third-order valence-corrected chi connectivity index (χ3v) is 6.59. The number of rotatable bonds is 6. The zero-order valence-electron chi connectivity index (χ0n) is 12.8. The van der Waals surface area contributed by atoms with Crippen LogP contribution in [0.5, 0.6) is 0 Å². The van der Waals surface area contributed by atoms with Crippen molar-refractivity contribution in [2.24, 2.45) is 5.92 Å². The van der Waals surface area contributed by atoms with Crippen LogP contribution in [0.2, 0.25) is 0 Å². The van der Waals surface area contributed by atoms with E-state index in [9.17, 15) is 8.42 Å². The molecule has 0 bridgehead atoms. The summed E-state index contributed by atoms with van der Waals surface area (Å²) in [6.45, 7) is 5.17. The smallest absolute Gasteiger partial charge is 0.281 e. The molecule has 5 nitrogen and oxygen atoms in total. The molecule has 0 saturated carbocycles. The molecule has 2 atom stereocenters. The Morgan fingerprint density at radius 1 is 1.30 bits per heavy atom. The molecule has 2 heterocycles. The normalized spacial score (nSPS) is 29.1. The fraction of sp³-hybridized carbons (Fsp3) is 1.00. The van der Waals surface area contributed by atoms with Crippen LogP contribution in [0.15, 0.2) is 0 Å². The molecule has 2 aliphatic heterocycles. The molecule has 0 aromatic carbocycles. The van der Waals surface area contributed by atoms with Crippen molar-refractivity contribution in [2.45, 2.75) is 51.5 Å². The van der Waals surface area contributed by atoms with Crippen LogP contribution in [0.3, 0.4) is 0 Å². The van der Waals surface area contributed by atoms with Gasteiger partial charge < -0.3 is 5.32 Å². The van der Waals surface area contributed by atoms with Crippen LogP contribution in [0.4, 0.5) is 0 Å². The van der Waals surface area contributed by atoms with E-state index in [4.69, 9.17) is 0 Å². The van der Waals surface area contributed by atoms with Crippen molar-refractivity contribution < 1.29 is 8.42 Å². The number of hydrogen-bond donors (Lipinski definition) is 1. The van der Waals surface area contributed by atoms with E-state index in [2.05, 4.69) is 12.2 Å². The van der Waals surface area contributed by atoms with Gasteiger partial charge in [-0.05, 0) is 44.6 Å². The summed E-state index contributed by atoms with van der Waals surface area (Å²) in [5.74, 6) is 0.487. The van der Waals surface area contributed by atoms with E-state index >= 15 is 0 Å². The first-order valence-corrected chi connectivity index (χ1v) is 9.40. The van der Waals surface area contributed by atoms with Gasteiger partial charge in [0.05, 0.1) is 0 Å². The summed E-state index contributed by atoms with van der Waals surface area (Å²) < 4.78 is 28.4. The monoisotopic (exact) mass is 303 g/mol. The predicted molar refractivity (Wildman–Crippen MR) is 81.8 cm³/mol. The molecule has 0 amide bonds. The molecule has 0 radical (unpaired) electrons. The highest BCUT2D eigenvalue weighted by Crippen LogP contribution is 2.26. The maximum atomic E-state index is 12.6. The highest BCUT2D eigenvalue weighted by Gasteiger charge is 2.35. The van der Waals surface area contributed by atoms with E-state index in [1.54, 1.807) is 11.4 Å². The Bertz CT molecular complexity index is 393. The van der Waals surface area contributed by atoms with Crippen molar-refractivity contribution in [3.05, 3.63) is 0 Å². The summed E-state index contributed by atoms with van der Waals surface area (Å²) in [6.07, 6.45) is 6.52. The minimum atomic E-state index is -3.26. The molecule has 6 heteroatoms. The quantitative estimate of drug-likeness (QED) is 0.807. The van der Waals surface area contributed by atoms with E-state index in [1.165, 1.54) is 17.1 Å². The van der Waals surface area contributed by atoms with Crippen LogP contribution >= 0.6 is 0 Å². The van der Waals surface area contributed by atoms with Crippen molar-refractivity contribution in [2.75, 3.05) is 33.2 Å². The average molecular weight is 303 g/mol. The maximum absolute atomic E-state index is 12.6. The summed E-state index contributed by atoms with van der Waals surface area (Å²) in [7, 11) is -1.55. The number of nitrogens with one attached hydrogen (secondary N) is 1. The highest BCUT2D eigenvalue weighted by atomic mass is 32.2. The van der Waals surface area contributed by atoms with Gasteiger partial charge in [0.2, 0.25) is 0 Å². The zero-order valence-corrected chi connectivity index (χ0v) is 13.7. The number of nitrogens with zero attached hydrogens (tertiary/aromatic N) is 2. The van der Waals surface area contributed by atoms with E-state index in [0.717, 1.165) is 32.2 Å². The molecule has 2 aliphatic rings. The molecule has 0 aromatic heterocycles. The fourth-order valence-electron chi connectivity index (χ4n) is 3.32. The second-order valence-electron chi connectivity index (χ2n) is 6.15. The molecule has 20 heavy (non-hydrogen) atoms. The van der Waals surface area contributed by atoms with Gasteiger partial charge >= 0.3 is 0 Å². The van der Waals surface area contributed by atoms with E-state index in [-0.39, 0.29) is 0 Å². The summed E-state index contributed by atoms with van der Waals surface area (Å²) in [6, 6.07) is 0.522. The van der Waals surface area contributed by atoms with E-state index in [0.29, 0.717) is 31.6 Å². The SMILES string of the molecule is CCCCN(C)S(=O)(=O)N1CCCC(C2CCCN2)C1. The predicted octanol–water partition coefficient (Wildman–Crippen LogP) is 1.43. The van der Waals surface area contributed by atoms with Crippen LogP contribution in [0, 0.1) is 5.92 Å². The Kier molecular flexibility index (Phi) is 5.84. The molecule has 1 N–H and O–H groups in total. The molecule has 118 valence electrons. The Morgan fingerprint density at radius 3 is 2.75 bits per heavy atom. The Hall–Kier alpha value is -0.170. The molecule has 0 spiro atoms. The van der Waals surface area contributed by atoms with Gasteiger partial charge in [-0.1, -0.05) is 13.3 Å². The first-order valence-electron chi connectivity index (χ1n) is 8.00. The third-order valence-electron chi connectivity index (χ3n) is 4.63. The zero-order chi connectivity index (χ0) is 14.6. The van der Waals surface area contributed by atoms with Crippen molar-refractivity contribution in [1.29, 1.82) is 0 Å². The first kappa shape index (κ1) is 16.2. The van der Waals surface area contributed by atoms with Gasteiger partial charge in [-0.3, -0.25) is 0 Å². The summed E-state index contributed by atoms with van der Waals surface area (Å²) in [5, 5.41) is 3.53. The van der Waals surface area contributed by atoms with Gasteiger partial charge in [-0.25, -0.2) is 0 Å². The summed E-state index contributed by atoms with van der Waals surface area (Å²) >= 11 is 0. The lowest BCUT2D eigenvalue weighted by Crippen LogP contribution is -2.50. The standard InChI is InChI=1S/C14H29N3O2S/c1-3-4-10-16(2)20(18,19)17-11-6-7-13(12-17)14-8-5-9-15-14/h13-15H,3-12H2,1-2H3. The van der Waals surface area contributed by atoms with Gasteiger partial charge in [-0.2, -0.15) is 17.0 Å². The van der Waals surface area contributed by atoms with Crippen molar-refractivity contribution in [3.8, 4) is 0 Å². The maximum Gasteiger partial charge on any atom is 0.281 e. The van der Waals surface area contributed by atoms with E-state index < -0.39 is 10.2 Å². The highest BCUT2D eigenvalue weighted by molar-refractivity contribution is 7.86. The Morgan fingerprint density at radius 2 is 2.10 bits per heavy atom. The molecular weight excluding hydrogens is 274 g/mol. The van der Waals surface area contributed by atoms with Crippen LogP contribution in [-0.4, -0.2) is 56.3 Å². The van der Waals surface area contributed by atoms with Crippen molar-refractivity contribution in [3.63, 3.8) is 0 Å². The molecule has 2 rings (SSSR count). The van der Waals surface area contributed by atoms with Gasteiger partial charge in [0.1, 0.15) is 0 Å². The van der Waals surface area contributed by atoms with Crippen LogP contribution in [-0.2, 0) is 10.2 Å². The fourth-order valence-corrected chi connectivity index (χ4v) is 4.81. The Balaban J connectivity index is 1.96. The lowest BCUT2D eigenvalue weighted by Gasteiger charge is -2.36. The minimum absolute atomic E-state index is 0.487. The summed E-state index contributed by atoms with van der Waals surface area (Å²) in [4.78, 5) is 0. The van der Waals surface area contributed by atoms with Crippen LogP contribution < -0.4 is 5.32 Å². The molecule has 2 saturated heterocycles. The van der Waals surface area contributed by atoms with Gasteiger partial charge in [-0.15, -0.1) is 0 Å². The van der Waals surface area contributed by atoms with Gasteiger partial charge in [0.25, 0.3) is 10.2 Å². The summed E-state index contributed by atoms with van der Waals surface area (Å²) in [5.41, 5.74) is 0. The molecule has 2 unspecified atom stereocenters. The van der Waals surface area contributed by atoms with Gasteiger partial charge in [0.15, 0.2) is 0 Å². The van der Waals surface area contributed by atoms with Crippen LogP contribution in [0.1, 0.15) is 45.4 Å². The third kappa shape index (κ3) is 3.72. The number of hydrogen-bond acceptors (Lipinski definition) is 3. The second-order valence-corrected chi connectivity index (χ2v) is 8.18. The molecule has 0 aromatic rings. The lowest BCUT2D eigenvalue weighted by molar-refractivity contribution is 0.216. The molecular formula is C14H29N3O2S. The minimum Gasteiger partial charge on any atom is -0.314 e. The van der Waals surface area contributed by atoms with Crippen molar-refractivity contribution in [1.82, 2.24) is 13.9 Å². The number of piperidine rings is 1. The Labute approximate surface area is 123 Å². The largest absolute Gasteiger partial charge is 0.314 e.